The molecule has 3 heterocycles. The number of aliphatic hydroxyl groups excluding tert-OH is 3. The number of ether oxygens (including phenoxy) is 1. The normalized spacial score (nSPS) is 27.2. The van der Waals surface area contributed by atoms with Gasteiger partial charge in [0.2, 0.25) is 5.95 Å². The van der Waals surface area contributed by atoms with Gasteiger partial charge in [0.1, 0.15) is 16.8 Å². The molecule has 1 fully saturated rings. The van der Waals surface area contributed by atoms with Crippen LogP contribution in [0.4, 0.5) is 5.95 Å². The van der Waals surface area contributed by atoms with Gasteiger partial charge in [-0.3, -0.25) is 9.69 Å². The zero-order valence-corrected chi connectivity index (χ0v) is 13.1. The van der Waals surface area contributed by atoms with Crippen molar-refractivity contribution in [3.63, 3.8) is 0 Å². The summed E-state index contributed by atoms with van der Waals surface area (Å²) in [6, 6.07) is 1.59. The first-order chi connectivity index (χ1) is 11.5. The molecule has 0 aromatic carbocycles. The molecule has 5 N–H and O–H groups in total. The van der Waals surface area contributed by atoms with Crippen molar-refractivity contribution in [1.82, 2.24) is 15.0 Å². The number of amides is 1. The highest BCUT2D eigenvalue weighted by molar-refractivity contribution is 7.09. The molecular formula is C13H15N5O5S. The van der Waals surface area contributed by atoms with Crippen LogP contribution in [0.2, 0.25) is 0 Å². The third kappa shape index (κ3) is 2.95. The van der Waals surface area contributed by atoms with Crippen LogP contribution in [0.5, 0.6) is 0 Å². The van der Waals surface area contributed by atoms with Gasteiger partial charge in [-0.25, -0.2) is 15.0 Å². The molecule has 1 amide bonds. The van der Waals surface area contributed by atoms with Gasteiger partial charge in [0.15, 0.2) is 18.6 Å². The number of rotatable bonds is 4. The van der Waals surface area contributed by atoms with E-state index in [-0.39, 0.29) is 16.6 Å². The number of anilines is 1. The third-order valence-corrected chi connectivity index (χ3v) is 4.38. The van der Waals surface area contributed by atoms with Gasteiger partial charge in [0.05, 0.1) is 6.61 Å². The Kier molecular flexibility index (Phi) is 4.69. The van der Waals surface area contributed by atoms with Gasteiger partial charge in [-0.15, -0.1) is 11.3 Å². The molecule has 0 radical (unpaired) electrons. The van der Waals surface area contributed by atoms with Crippen LogP contribution in [-0.2, 0) is 4.74 Å². The summed E-state index contributed by atoms with van der Waals surface area (Å²) in [5.74, 6) is -0.638. The topological polar surface area (TPSA) is 155 Å². The summed E-state index contributed by atoms with van der Waals surface area (Å²) < 4.78 is 5.54. The summed E-state index contributed by atoms with van der Waals surface area (Å²) in [6.45, 7) is -0.498. The lowest BCUT2D eigenvalue weighted by atomic mass is 10.1. The number of aliphatic hydroxyl groups is 3. The summed E-state index contributed by atoms with van der Waals surface area (Å²) in [4.78, 5) is 24.3. The molecule has 2 aromatic heterocycles. The first kappa shape index (κ1) is 16.7. The van der Waals surface area contributed by atoms with Gasteiger partial charge < -0.3 is 25.8 Å². The number of carbonyl (C=O) groups is 1. The lowest BCUT2D eigenvalue weighted by Crippen LogP contribution is -2.59. The van der Waals surface area contributed by atoms with E-state index in [1.54, 1.807) is 6.07 Å². The van der Waals surface area contributed by atoms with Crippen LogP contribution in [0, 0.1) is 0 Å². The molecule has 24 heavy (non-hydrogen) atoms. The van der Waals surface area contributed by atoms with E-state index >= 15 is 0 Å². The van der Waals surface area contributed by atoms with Gasteiger partial charge >= 0.3 is 0 Å². The third-order valence-electron chi connectivity index (χ3n) is 3.48. The minimum absolute atomic E-state index is 0.0416. The number of thiazole rings is 1. The van der Waals surface area contributed by atoms with E-state index in [1.165, 1.54) is 17.8 Å². The maximum Gasteiger partial charge on any atom is 0.268 e. The summed E-state index contributed by atoms with van der Waals surface area (Å²) in [6.07, 6.45) is -1.88. The number of hydrogen-bond donors (Lipinski definition) is 4. The Morgan fingerprint density at radius 2 is 2.04 bits per heavy atom. The highest BCUT2D eigenvalue weighted by atomic mass is 32.1. The van der Waals surface area contributed by atoms with E-state index in [2.05, 4.69) is 15.0 Å². The van der Waals surface area contributed by atoms with Crippen molar-refractivity contribution in [2.45, 2.75) is 24.7 Å². The number of nitrogens with two attached hydrogens (primary N) is 1. The lowest BCUT2D eigenvalue weighted by Gasteiger charge is -2.44. The van der Waals surface area contributed by atoms with E-state index in [4.69, 9.17) is 10.5 Å². The van der Waals surface area contributed by atoms with E-state index in [1.807, 2.05) is 0 Å². The highest BCUT2D eigenvalue weighted by Gasteiger charge is 2.45. The second-order valence-electron chi connectivity index (χ2n) is 5.00. The predicted octanol–water partition coefficient (Wildman–Crippen LogP) is -1.39. The second kappa shape index (κ2) is 6.75. The van der Waals surface area contributed by atoms with Crippen LogP contribution in [0.15, 0.2) is 23.8 Å². The second-order valence-corrected chi connectivity index (χ2v) is 5.89. The Balaban J connectivity index is 1.96. The number of hydrogen-bond acceptors (Lipinski definition) is 10. The van der Waals surface area contributed by atoms with Crippen molar-refractivity contribution in [1.29, 1.82) is 0 Å². The first-order valence-corrected chi connectivity index (χ1v) is 7.84. The molecule has 0 saturated carbocycles. The molecule has 2 aromatic rings. The summed E-state index contributed by atoms with van der Waals surface area (Å²) >= 11 is 1.07. The number of morpholine rings is 1. The fourth-order valence-electron chi connectivity index (χ4n) is 2.33. The van der Waals surface area contributed by atoms with Crippen molar-refractivity contribution < 1.29 is 24.9 Å². The van der Waals surface area contributed by atoms with E-state index < -0.39 is 37.2 Å². The minimum Gasteiger partial charge on any atom is -0.393 e. The molecule has 1 saturated heterocycles. The van der Waals surface area contributed by atoms with Gasteiger partial charge in [-0.1, -0.05) is 0 Å². The molecule has 128 valence electrons. The van der Waals surface area contributed by atoms with Crippen LogP contribution in [0.3, 0.4) is 0 Å². The Bertz CT molecular complexity index is 714. The quantitative estimate of drug-likeness (QED) is 0.519. The van der Waals surface area contributed by atoms with E-state index in [0.717, 1.165) is 16.2 Å². The maximum absolute atomic E-state index is 11.2. The standard InChI is InChI=1S/C13H15N5O5S/c14-9(20)6-5-24-10(17-6)8-12(22)18(11(21)7(4-19)23-8)13-15-2-1-3-16-13/h1-3,5,7-8,11-12,19,21-22H,4H2,(H2,14,20)/t7-,8+,11?,12?/m1/s1. The molecule has 0 spiro atoms. The molecule has 4 atom stereocenters. The highest BCUT2D eigenvalue weighted by Crippen LogP contribution is 2.35. The zero-order chi connectivity index (χ0) is 17.3. The van der Waals surface area contributed by atoms with E-state index in [0.29, 0.717) is 0 Å². The van der Waals surface area contributed by atoms with Crippen LogP contribution in [0.25, 0.3) is 0 Å². The predicted molar refractivity (Wildman–Crippen MR) is 81.9 cm³/mol. The molecule has 10 nitrogen and oxygen atoms in total. The van der Waals surface area contributed by atoms with Gasteiger partial charge in [0, 0.05) is 17.8 Å². The Morgan fingerprint density at radius 1 is 1.33 bits per heavy atom. The van der Waals surface area contributed by atoms with Gasteiger partial charge in [-0.05, 0) is 6.07 Å². The fraction of sp³-hybridized carbons (Fsp3) is 0.385. The smallest absolute Gasteiger partial charge is 0.268 e. The number of nitrogens with zero attached hydrogens (tertiary/aromatic N) is 4. The molecule has 11 heteroatoms. The average Bonchev–Trinajstić information content (AvgIpc) is 3.06. The Labute approximate surface area is 140 Å². The van der Waals surface area contributed by atoms with Crippen LogP contribution < -0.4 is 10.6 Å². The summed E-state index contributed by atoms with van der Waals surface area (Å²) in [5, 5.41) is 32.1. The van der Waals surface area contributed by atoms with Crippen molar-refractivity contribution >= 4 is 23.2 Å². The van der Waals surface area contributed by atoms with E-state index in [9.17, 15) is 20.1 Å². The molecule has 2 unspecified atom stereocenters. The summed E-state index contributed by atoms with van der Waals surface area (Å²) in [7, 11) is 0. The molecule has 0 bridgehead atoms. The summed E-state index contributed by atoms with van der Waals surface area (Å²) in [5.41, 5.74) is 5.22. The Hall–Kier alpha value is -2.18. The van der Waals surface area contributed by atoms with Crippen LogP contribution >= 0.6 is 11.3 Å². The number of carbonyl (C=O) groups excluding carboxylic acids is 1. The molecular weight excluding hydrogens is 338 g/mol. The maximum atomic E-state index is 11.2. The SMILES string of the molecule is NC(=O)c1csc([C@@H]2O[C@H](CO)C(O)N(c3ncccn3)C2O)n1. The fourth-order valence-corrected chi connectivity index (χ4v) is 3.19. The van der Waals surface area contributed by atoms with Gasteiger partial charge in [-0.2, -0.15) is 0 Å². The number of aromatic nitrogens is 3. The van der Waals surface area contributed by atoms with Crippen LogP contribution in [0.1, 0.15) is 21.6 Å². The Morgan fingerprint density at radius 3 is 2.62 bits per heavy atom. The van der Waals surface area contributed by atoms with Crippen molar-refractivity contribution in [2.75, 3.05) is 11.5 Å². The number of primary amides is 1. The van der Waals surface area contributed by atoms with Crippen molar-refractivity contribution in [3.8, 4) is 0 Å². The average molecular weight is 353 g/mol. The van der Waals surface area contributed by atoms with Gasteiger partial charge in [0.25, 0.3) is 5.91 Å². The first-order valence-electron chi connectivity index (χ1n) is 6.96. The van der Waals surface area contributed by atoms with Crippen LogP contribution in [-0.4, -0.2) is 61.3 Å². The molecule has 3 rings (SSSR count). The lowest BCUT2D eigenvalue weighted by molar-refractivity contribution is -0.179. The molecule has 0 aliphatic carbocycles. The molecule has 1 aliphatic rings. The molecule has 1 aliphatic heterocycles. The largest absolute Gasteiger partial charge is 0.393 e. The minimum atomic E-state index is -1.38. The van der Waals surface area contributed by atoms with Crippen molar-refractivity contribution in [2.24, 2.45) is 5.73 Å². The van der Waals surface area contributed by atoms with Crippen molar-refractivity contribution in [3.05, 3.63) is 34.5 Å². The zero-order valence-electron chi connectivity index (χ0n) is 12.3. The monoisotopic (exact) mass is 353 g/mol.